The van der Waals surface area contributed by atoms with Crippen LogP contribution in [0.25, 0.3) is 0 Å². The van der Waals surface area contributed by atoms with Crippen LogP contribution in [0, 0.1) is 0 Å². The van der Waals surface area contributed by atoms with E-state index in [4.69, 9.17) is 0 Å². The number of benzene rings is 1. The minimum Gasteiger partial charge on any atom is -0.315 e. The molecule has 3 rings (SSSR count). The van der Waals surface area contributed by atoms with Crippen molar-refractivity contribution in [2.75, 3.05) is 39.8 Å². The minimum atomic E-state index is 0.565. The number of rotatable bonds is 2. The highest BCUT2D eigenvalue weighted by atomic mass is 15.3. The first-order valence-electron chi connectivity index (χ1n) is 7.04. The molecule has 1 N–H and O–H groups in total. The van der Waals surface area contributed by atoms with Crippen LogP contribution in [0.2, 0.25) is 0 Å². The van der Waals surface area contributed by atoms with Gasteiger partial charge in [-0.25, -0.2) is 0 Å². The van der Waals surface area contributed by atoms with Gasteiger partial charge in [-0.15, -0.1) is 0 Å². The third-order valence-electron chi connectivity index (χ3n) is 4.31. The highest BCUT2D eigenvalue weighted by molar-refractivity contribution is 5.20. The average molecular weight is 245 g/mol. The molecular formula is C15H23N3. The zero-order chi connectivity index (χ0) is 12.4. The summed E-state index contributed by atoms with van der Waals surface area (Å²) in [5.41, 5.74) is 1.47. The Morgan fingerprint density at radius 2 is 2.00 bits per heavy atom. The topological polar surface area (TPSA) is 18.5 Å². The number of hydrogen-bond acceptors (Lipinski definition) is 3. The second-order valence-electron chi connectivity index (χ2n) is 5.57. The van der Waals surface area contributed by atoms with Gasteiger partial charge in [0.05, 0.1) is 0 Å². The van der Waals surface area contributed by atoms with Gasteiger partial charge < -0.3 is 10.2 Å². The van der Waals surface area contributed by atoms with Crippen molar-refractivity contribution in [3.8, 4) is 0 Å². The number of likely N-dealkylation sites (N-methyl/N-ethyl adjacent to an activating group) is 1. The Kier molecular flexibility index (Phi) is 3.64. The number of nitrogens with zero attached hydrogens (tertiary/aromatic N) is 2. The summed E-state index contributed by atoms with van der Waals surface area (Å²) >= 11 is 0. The van der Waals surface area contributed by atoms with Gasteiger partial charge in [0.1, 0.15) is 0 Å². The molecule has 3 nitrogen and oxygen atoms in total. The summed E-state index contributed by atoms with van der Waals surface area (Å²) in [5, 5.41) is 3.50. The number of nitrogens with one attached hydrogen (secondary N) is 1. The molecule has 1 aromatic carbocycles. The Labute approximate surface area is 110 Å². The van der Waals surface area contributed by atoms with Crippen LogP contribution in [0.5, 0.6) is 0 Å². The fraction of sp³-hybridized carbons (Fsp3) is 0.600. The molecule has 2 unspecified atom stereocenters. The fourth-order valence-corrected chi connectivity index (χ4v) is 3.27. The fourth-order valence-electron chi connectivity index (χ4n) is 3.27. The van der Waals surface area contributed by atoms with E-state index in [0.717, 1.165) is 19.1 Å². The molecule has 2 atom stereocenters. The number of hydrogen-bond donors (Lipinski definition) is 1. The number of piperazine rings is 1. The largest absolute Gasteiger partial charge is 0.315 e. The molecule has 0 amide bonds. The SMILES string of the molecule is CN1CCN(C2CCNC2)C(c2ccccc2)C1. The molecule has 2 aliphatic rings. The summed E-state index contributed by atoms with van der Waals surface area (Å²) in [6, 6.07) is 12.3. The Hall–Kier alpha value is -0.900. The predicted octanol–water partition coefficient (Wildman–Crippen LogP) is 1.34. The van der Waals surface area contributed by atoms with E-state index in [1.54, 1.807) is 0 Å². The Balaban J connectivity index is 1.82. The van der Waals surface area contributed by atoms with E-state index in [1.165, 1.54) is 31.6 Å². The van der Waals surface area contributed by atoms with E-state index < -0.39 is 0 Å². The Morgan fingerprint density at radius 1 is 1.17 bits per heavy atom. The van der Waals surface area contributed by atoms with Gasteiger partial charge in [0, 0.05) is 38.3 Å². The summed E-state index contributed by atoms with van der Waals surface area (Å²) in [7, 11) is 2.24. The van der Waals surface area contributed by atoms with Crippen molar-refractivity contribution < 1.29 is 0 Å². The molecule has 0 aliphatic carbocycles. The van der Waals surface area contributed by atoms with Crippen LogP contribution >= 0.6 is 0 Å². The normalized spacial score (nSPS) is 30.7. The second-order valence-corrected chi connectivity index (χ2v) is 5.57. The van der Waals surface area contributed by atoms with Crippen LogP contribution in [-0.2, 0) is 0 Å². The van der Waals surface area contributed by atoms with Crippen molar-refractivity contribution in [1.29, 1.82) is 0 Å². The van der Waals surface area contributed by atoms with Gasteiger partial charge in [0.2, 0.25) is 0 Å². The zero-order valence-electron chi connectivity index (χ0n) is 11.2. The molecule has 0 aromatic heterocycles. The highest BCUT2D eigenvalue weighted by Gasteiger charge is 2.32. The molecule has 1 aromatic rings. The molecule has 0 bridgehead atoms. The van der Waals surface area contributed by atoms with Gasteiger partial charge in [-0.05, 0) is 25.6 Å². The molecule has 98 valence electrons. The lowest BCUT2D eigenvalue weighted by atomic mass is 10.00. The quantitative estimate of drug-likeness (QED) is 0.848. The van der Waals surface area contributed by atoms with Crippen molar-refractivity contribution in [3.05, 3.63) is 35.9 Å². The molecule has 2 aliphatic heterocycles. The van der Waals surface area contributed by atoms with Gasteiger partial charge in [-0.1, -0.05) is 30.3 Å². The lowest BCUT2D eigenvalue weighted by Crippen LogP contribution is -2.51. The average Bonchev–Trinajstić information content (AvgIpc) is 2.93. The van der Waals surface area contributed by atoms with Gasteiger partial charge >= 0.3 is 0 Å². The first-order chi connectivity index (χ1) is 8.84. The molecule has 3 heteroatoms. The van der Waals surface area contributed by atoms with Gasteiger partial charge in [-0.2, -0.15) is 0 Å². The summed E-state index contributed by atoms with van der Waals surface area (Å²) in [5.74, 6) is 0. The van der Waals surface area contributed by atoms with E-state index in [-0.39, 0.29) is 0 Å². The predicted molar refractivity (Wildman–Crippen MR) is 74.7 cm³/mol. The van der Waals surface area contributed by atoms with Crippen LogP contribution in [-0.4, -0.2) is 55.6 Å². The lowest BCUT2D eigenvalue weighted by Gasteiger charge is -2.43. The highest BCUT2D eigenvalue weighted by Crippen LogP contribution is 2.28. The minimum absolute atomic E-state index is 0.565. The smallest absolute Gasteiger partial charge is 0.0479 e. The molecule has 0 saturated carbocycles. The molecule has 18 heavy (non-hydrogen) atoms. The molecule has 0 spiro atoms. The zero-order valence-corrected chi connectivity index (χ0v) is 11.2. The molecule has 2 saturated heterocycles. The van der Waals surface area contributed by atoms with E-state index in [2.05, 4.69) is 52.5 Å². The van der Waals surface area contributed by atoms with Crippen molar-refractivity contribution >= 4 is 0 Å². The molecule has 2 heterocycles. The van der Waals surface area contributed by atoms with Crippen LogP contribution in [0.4, 0.5) is 0 Å². The first-order valence-corrected chi connectivity index (χ1v) is 7.04. The van der Waals surface area contributed by atoms with Crippen molar-refractivity contribution in [2.24, 2.45) is 0 Å². The van der Waals surface area contributed by atoms with Crippen LogP contribution in [0.3, 0.4) is 0 Å². The van der Waals surface area contributed by atoms with E-state index in [9.17, 15) is 0 Å². The molecule has 0 radical (unpaired) electrons. The standard InChI is InChI=1S/C15H23N3/c1-17-9-10-18(14-7-8-16-11-14)15(12-17)13-5-3-2-4-6-13/h2-6,14-16H,7-12H2,1H3. The van der Waals surface area contributed by atoms with Crippen LogP contribution in [0.1, 0.15) is 18.0 Å². The van der Waals surface area contributed by atoms with Crippen molar-refractivity contribution in [3.63, 3.8) is 0 Å². The summed E-state index contributed by atoms with van der Waals surface area (Å²) in [6.07, 6.45) is 1.30. The first kappa shape index (κ1) is 12.2. The van der Waals surface area contributed by atoms with Crippen molar-refractivity contribution in [1.82, 2.24) is 15.1 Å². The van der Waals surface area contributed by atoms with Gasteiger partial charge in [0.15, 0.2) is 0 Å². The van der Waals surface area contributed by atoms with E-state index >= 15 is 0 Å². The summed E-state index contributed by atoms with van der Waals surface area (Å²) < 4.78 is 0. The van der Waals surface area contributed by atoms with E-state index in [1.807, 2.05) is 0 Å². The van der Waals surface area contributed by atoms with Crippen LogP contribution < -0.4 is 5.32 Å². The van der Waals surface area contributed by atoms with Gasteiger partial charge in [-0.3, -0.25) is 4.90 Å². The second kappa shape index (κ2) is 5.39. The molecular weight excluding hydrogens is 222 g/mol. The monoisotopic (exact) mass is 245 g/mol. The van der Waals surface area contributed by atoms with Crippen LogP contribution in [0.15, 0.2) is 30.3 Å². The molecule has 2 fully saturated rings. The van der Waals surface area contributed by atoms with Crippen molar-refractivity contribution in [2.45, 2.75) is 18.5 Å². The maximum absolute atomic E-state index is 3.50. The lowest BCUT2D eigenvalue weighted by molar-refractivity contribution is 0.0580. The van der Waals surface area contributed by atoms with E-state index in [0.29, 0.717) is 6.04 Å². The summed E-state index contributed by atoms with van der Waals surface area (Å²) in [4.78, 5) is 5.17. The summed E-state index contributed by atoms with van der Waals surface area (Å²) in [6.45, 7) is 5.88. The maximum Gasteiger partial charge on any atom is 0.0479 e. The Bertz CT molecular complexity index is 373. The Morgan fingerprint density at radius 3 is 2.72 bits per heavy atom. The maximum atomic E-state index is 3.50. The third kappa shape index (κ3) is 2.44. The van der Waals surface area contributed by atoms with Gasteiger partial charge in [0.25, 0.3) is 0 Å². The third-order valence-corrected chi connectivity index (χ3v) is 4.31.